The number of nitrogens with one attached hydrogen (secondary N) is 1. The van der Waals surface area contributed by atoms with Crippen molar-refractivity contribution in [1.29, 1.82) is 0 Å². The fourth-order valence-corrected chi connectivity index (χ4v) is 5.58. The van der Waals surface area contributed by atoms with Crippen molar-refractivity contribution in [3.8, 4) is 0 Å². The average molecular weight is 501 g/mol. The lowest BCUT2D eigenvalue weighted by atomic mass is 10.0. The second-order valence-corrected chi connectivity index (χ2v) is 10.8. The van der Waals surface area contributed by atoms with Crippen LogP contribution in [0.5, 0.6) is 0 Å². The lowest BCUT2D eigenvalue weighted by Gasteiger charge is -2.32. The maximum atomic E-state index is 13.7. The smallest absolute Gasteiger partial charge is 0.243 e. The molecule has 1 N–H and O–H groups in total. The molecule has 4 nitrogen and oxygen atoms in total. The summed E-state index contributed by atoms with van der Waals surface area (Å²) in [7, 11) is 0. The zero-order valence-electron chi connectivity index (χ0n) is 21.1. The van der Waals surface area contributed by atoms with Crippen molar-refractivity contribution in [3.05, 3.63) is 102 Å². The Morgan fingerprint density at radius 1 is 0.889 bits per heavy atom. The first kappa shape index (κ1) is 26.0. The standard InChI is InChI=1S/C31H36N2O2S/c1-24-16-18-28(19-17-24)36-21-20-30(34)33(23-26-12-6-3-7-13-26)29(22-25-10-4-2-5-11-25)31(35)32-27-14-8-9-15-27/h2-7,10-13,16-19,27,29H,8-9,14-15,20-23H2,1H3,(H,32,35)/t29-/m0/s1. The fraction of sp³-hybridized carbons (Fsp3) is 0.355. The molecule has 36 heavy (non-hydrogen) atoms. The van der Waals surface area contributed by atoms with Crippen LogP contribution < -0.4 is 5.32 Å². The van der Waals surface area contributed by atoms with Crippen LogP contribution in [0.25, 0.3) is 0 Å². The van der Waals surface area contributed by atoms with Crippen LogP contribution in [0, 0.1) is 6.92 Å². The first-order chi connectivity index (χ1) is 17.6. The Balaban J connectivity index is 1.53. The third-order valence-electron chi connectivity index (χ3n) is 6.77. The van der Waals surface area contributed by atoms with Crippen molar-refractivity contribution in [2.45, 2.75) is 69.0 Å². The second-order valence-electron chi connectivity index (χ2n) is 9.61. The van der Waals surface area contributed by atoms with Gasteiger partial charge in [-0.3, -0.25) is 9.59 Å². The van der Waals surface area contributed by atoms with E-state index in [0.29, 0.717) is 25.1 Å². The minimum Gasteiger partial charge on any atom is -0.352 e. The number of carbonyl (C=O) groups is 2. The Bertz CT molecular complexity index is 1100. The zero-order chi connectivity index (χ0) is 25.2. The summed E-state index contributed by atoms with van der Waals surface area (Å²) in [4.78, 5) is 30.3. The lowest BCUT2D eigenvalue weighted by molar-refractivity contribution is -0.141. The summed E-state index contributed by atoms with van der Waals surface area (Å²) in [6.45, 7) is 2.49. The van der Waals surface area contributed by atoms with E-state index in [1.807, 2.05) is 65.6 Å². The van der Waals surface area contributed by atoms with Gasteiger partial charge in [-0.25, -0.2) is 0 Å². The van der Waals surface area contributed by atoms with Gasteiger partial charge in [-0.15, -0.1) is 11.8 Å². The molecule has 2 amide bonds. The predicted molar refractivity (Wildman–Crippen MR) is 148 cm³/mol. The van der Waals surface area contributed by atoms with E-state index < -0.39 is 6.04 Å². The van der Waals surface area contributed by atoms with E-state index in [-0.39, 0.29) is 17.9 Å². The number of amides is 2. The molecule has 0 heterocycles. The number of benzene rings is 3. The van der Waals surface area contributed by atoms with Gasteiger partial charge >= 0.3 is 0 Å². The van der Waals surface area contributed by atoms with Crippen LogP contribution in [-0.2, 0) is 22.6 Å². The molecule has 0 spiro atoms. The van der Waals surface area contributed by atoms with E-state index in [1.54, 1.807) is 11.8 Å². The van der Waals surface area contributed by atoms with Crippen molar-refractivity contribution in [3.63, 3.8) is 0 Å². The van der Waals surface area contributed by atoms with Crippen molar-refractivity contribution in [2.24, 2.45) is 0 Å². The highest BCUT2D eigenvalue weighted by Crippen LogP contribution is 2.23. The summed E-state index contributed by atoms with van der Waals surface area (Å²) in [6.07, 6.45) is 5.22. The van der Waals surface area contributed by atoms with E-state index in [2.05, 4.69) is 36.5 Å². The van der Waals surface area contributed by atoms with Gasteiger partial charge < -0.3 is 10.2 Å². The molecule has 5 heteroatoms. The molecule has 1 fully saturated rings. The molecule has 3 aromatic rings. The highest BCUT2D eigenvalue weighted by Gasteiger charge is 2.31. The summed E-state index contributed by atoms with van der Waals surface area (Å²) in [5.41, 5.74) is 3.31. The van der Waals surface area contributed by atoms with Gasteiger partial charge in [0.05, 0.1) is 0 Å². The Hall–Kier alpha value is -3.05. The van der Waals surface area contributed by atoms with Crippen LogP contribution in [0.4, 0.5) is 0 Å². The SMILES string of the molecule is Cc1ccc(SCCC(=O)N(Cc2ccccc2)[C@@H](Cc2ccccc2)C(=O)NC2CCCC2)cc1. The molecule has 0 radical (unpaired) electrons. The van der Waals surface area contributed by atoms with Gasteiger partial charge in [0.2, 0.25) is 11.8 Å². The fourth-order valence-electron chi connectivity index (χ4n) is 4.74. The summed E-state index contributed by atoms with van der Waals surface area (Å²) in [6, 6.07) is 28.1. The number of nitrogens with zero attached hydrogens (tertiary/aromatic N) is 1. The lowest BCUT2D eigenvalue weighted by Crippen LogP contribution is -2.52. The first-order valence-electron chi connectivity index (χ1n) is 13.0. The van der Waals surface area contributed by atoms with E-state index in [4.69, 9.17) is 0 Å². The van der Waals surface area contributed by atoms with E-state index in [9.17, 15) is 9.59 Å². The van der Waals surface area contributed by atoms with Crippen molar-refractivity contribution < 1.29 is 9.59 Å². The number of carbonyl (C=O) groups excluding carboxylic acids is 2. The van der Waals surface area contributed by atoms with Gasteiger partial charge in [0, 0.05) is 36.1 Å². The van der Waals surface area contributed by atoms with E-state index >= 15 is 0 Å². The summed E-state index contributed by atoms with van der Waals surface area (Å²) in [5, 5.41) is 3.27. The number of hydrogen-bond acceptors (Lipinski definition) is 3. The number of aryl methyl sites for hydroxylation is 1. The van der Waals surface area contributed by atoms with Crippen LogP contribution in [0.1, 0.15) is 48.8 Å². The van der Waals surface area contributed by atoms with Crippen LogP contribution in [-0.4, -0.2) is 34.6 Å². The molecule has 1 aliphatic carbocycles. The first-order valence-corrected chi connectivity index (χ1v) is 13.9. The third kappa shape index (κ3) is 7.72. The summed E-state index contributed by atoms with van der Waals surface area (Å²) in [5.74, 6) is 0.650. The van der Waals surface area contributed by atoms with Crippen molar-refractivity contribution in [1.82, 2.24) is 10.2 Å². The Morgan fingerprint density at radius 2 is 1.50 bits per heavy atom. The Morgan fingerprint density at radius 3 is 2.14 bits per heavy atom. The molecule has 188 valence electrons. The molecule has 0 bridgehead atoms. The van der Waals surface area contributed by atoms with Crippen LogP contribution in [0.2, 0.25) is 0 Å². The molecule has 0 aromatic heterocycles. The molecule has 0 unspecified atom stereocenters. The molecular weight excluding hydrogens is 464 g/mol. The van der Waals surface area contributed by atoms with Gasteiger partial charge in [-0.1, -0.05) is 91.2 Å². The molecule has 0 saturated heterocycles. The Kier molecular flexibility index (Phi) is 9.62. The minimum atomic E-state index is -0.551. The monoisotopic (exact) mass is 500 g/mol. The third-order valence-corrected chi connectivity index (χ3v) is 7.79. The minimum absolute atomic E-state index is 0.0148. The molecule has 1 aliphatic rings. The maximum Gasteiger partial charge on any atom is 0.243 e. The molecular formula is C31H36N2O2S. The number of rotatable bonds is 11. The molecule has 0 aliphatic heterocycles. The van der Waals surface area contributed by atoms with Crippen molar-refractivity contribution in [2.75, 3.05) is 5.75 Å². The molecule has 1 atom stereocenters. The maximum absolute atomic E-state index is 13.7. The Labute approximate surface area is 219 Å². The second kappa shape index (κ2) is 13.3. The van der Waals surface area contributed by atoms with E-state index in [1.165, 1.54) is 5.56 Å². The van der Waals surface area contributed by atoms with Gasteiger partial charge in [0.15, 0.2) is 0 Å². The summed E-state index contributed by atoms with van der Waals surface area (Å²) >= 11 is 1.68. The quantitative estimate of drug-likeness (QED) is 0.320. The predicted octanol–water partition coefficient (Wildman–Crippen LogP) is 6.18. The zero-order valence-corrected chi connectivity index (χ0v) is 21.9. The van der Waals surface area contributed by atoms with Gasteiger partial charge in [-0.2, -0.15) is 0 Å². The van der Waals surface area contributed by atoms with Crippen LogP contribution in [0.3, 0.4) is 0 Å². The highest BCUT2D eigenvalue weighted by atomic mass is 32.2. The summed E-state index contributed by atoms with van der Waals surface area (Å²) < 4.78 is 0. The highest BCUT2D eigenvalue weighted by molar-refractivity contribution is 7.99. The van der Waals surface area contributed by atoms with Crippen LogP contribution >= 0.6 is 11.8 Å². The van der Waals surface area contributed by atoms with Crippen molar-refractivity contribution >= 4 is 23.6 Å². The normalized spacial score (nSPS) is 14.4. The molecule has 3 aromatic carbocycles. The largest absolute Gasteiger partial charge is 0.352 e. The number of hydrogen-bond donors (Lipinski definition) is 1. The molecule has 4 rings (SSSR count). The molecule has 1 saturated carbocycles. The van der Waals surface area contributed by atoms with E-state index in [0.717, 1.165) is 41.7 Å². The van der Waals surface area contributed by atoms with Crippen LogP contribution in [0.15, 0.2) is 89.8 Å². The van der Waals surface area contributed by atoms with Gasteiger partial charge in [-0.05, 0) is 43.0 Å². The number of thioether (sulfide) groups is 1. The van der Waals surface area contributed by atoms with Gasteiger partial charge in [0.1, 0.15) is 6.04 Å². The average Bonchev–Trinajstić information content (AvgIpc) is 3.41. The topological polar surface area (TPSA) is 49.4 Å². The van der Waals surface area contributed by atoms with Gasteiger partial charge in [0.25, 0.3) is 0 Å².